The summed E-state index contributed by atoms with van der Waals surface area (Å²) in [6, 6.07) is 12.7. The molecule has 0 fully saturated rings. The maximum Gasteiger partial charge on any atom is 0.124 e. The maximum atomic E-state index is 13.3. The molecule has 0 radical (unpaired) electrons. The number of nitrogens with two attached hydrogens (primary N) is 1. The summed E-state index contributed by atoms with van der Waals surface area (Å²) in [5.74, 6) is 0.533. The van der Waals surface area contributed by atoms with Gasteiger partial charge in [0.15, 0.2) is 0 Å². The van der Waals surface area contributed by atoms with Crippen LogP contribution in [-0.4, -0.2) is 6.04 Å². The molecule has 0 aliphatic carbocycles. The molecule has 2 N–H and O–H groups in total. The Kier molecular flexibility index (Phi) is 5.76. The number of benzene rings is 2. The highest BCUT2D eigenvalue weighted by Crippen LogP contribution is 2.22. The van der Waals surface area contributed by atoms with Crippen molar-refractivity contribution in [3.63, 3.8) is 0 Å². The molecule has 0 saturated heterocycles. The molecule has 0 aliphatic rings. The molecular formula is C17H19BrFNO. The lowest BCUT2D eigenvalue weighted by Crippen LogP contribution is -2.21. The van der Waals surface area contributed by atoms with Crippen LogP contribution in [0.5, 0.6) is 5.75 Å². The van der Waals surface area contributed by atoms with Gasteiger partial charge in [0.25, 0.3) is 0 Å². The fourth-order valence-electron chi connectivity index (χ4n) is 2.10. The third-order valence-electron chi connectivity index (χ3n) is 3.30. The van der Waals surface area contributed by atoms with Gasteiger partial charge < -0.3 is 10.5 Å². The molecule has 21 heavy (non-hydrogen) atoms. The normalized spacial score (nSPS) is 12.2. The van der Waals surface area contributed by atoms with Crippen LogP contribution < -0.4 is 10.5 Å². The first-order valence-corrected chi connectivity index (χ1v) is 7.79. The summed E-state index contributed by atoms with van der Waals surface area (Å²) >= 11 is 3.28. The standard InChI is InChI=1S/C17H19BrFNO/c1-2-16(20)9-13-5-3-4-6-17(13)21-11-12-7-14(18)10-15(19)8-12/h3-8,10,16H,2,9,11,20H2,1H3. The van der Waals surface area contributed by atoms with Crippen LogP contribution in [0.1, 0.15) is 24.5 Å². The van der Waals surface area contributed by atoms with E-state index in [9.17, 15) is 4.39 Å². The third-order valence-corrected chi connectivity index (χ3v) is 3.75. The molecule has 2 aromatic rings. The summed E-state index contributed by atoms with van der Waals surface area (Å²) in [5.41, 5.74) is 7.88. The Balaban J connectivity index is 2.09. The Morgan fingerprint density at radius 2 is 2.00 bits per heavy atom. The van der Waals surface area contributed by atoms with E-state index < -0.39 is 0 Å². The van der Waals surface area contributed by atoms with Crippen molar-refractivity contribution in [2.75, 3.05) is 0 Å². The molecule has 0 bridgehead atoms. The molecule has 0 aromatic heterocycles. The largest absolute Gasteiger partial charge is 0.489 e. The molecule has 0 saturated carbocycles. The summed E-state index contributed by atoms with van der Waals surface area (Å²) < 4.78 is 19.9. The van der Waals surface area contributed by atoms with Crippen molar-refractivity contribution in [3.05, 3.63) is 63.9 Å². The predicted molar refractivity (Wildman–Crippen MR) is 86.8 cm³/mol. The second-order valence-corrected chi connectivity index (χ2v) is 5.96. The molecular weight excluding hydrogens is 333 g/mol. The Labute approximate surface area is 133 Å². The van der Waals surface area contributed by atoms with Gasteiger partial charge in [-0.2, -0.15) is 0 Å². The van der Waals surface area contributed by atoms with Gasteiger partial charge in [0, 0.05) is 10.5 Å². The van der Waals surface area contributed by atoms with Gasteiger partial charge in [-0.25, -0.2) is 4.39 Å². The number of hydrogen-bond acceptors (Lipinski definition) is 2. The van der Waals surface area contributed by atoms with Gasteiger partial charge in [0.2, 0.25) is 0 Å². The fourth-order valence-corrected chi connectivity index (χ4v) is 2.61. The highest BCUT2D eigenvalue weighted by atomic mass is 79.9. The molecule has 0 amide bonds. The zero-order valence-electron chi connectivity index (χ0n) is 12.0. The van der Waals surface area contributed by atoms with E-state index >= 15 is 0 Å². The van der Waals surface area contributed by atoms with Crippen LogP contribution in [0.2, 0.25) is 0 Å². The van der Waals surface area contributed by atoms with Gasteiger partial charge in [-0.15, -0.1) is 0 Å². The monoisotopic (exact) mass is 351 g/mol. The lowest BCUT2D eigenvalue weighted by atomic mass is 10.0. The minimum Gasteiger partial charge on any atom is -0.489 e. The van der Waals surface area contributed by atoms with Crippen LogP contribution in [0.15, 0.2) is 46.9 Å². The predicted octanol–water partition coefficient (Wildman–Crippen LogP) is 4.45. The van der Waals surface area contributed by atoms with Crippen molar-refractivity contribution >= 4 is 15.9 Å². The second-order valence-electron chi connectivity index (χ2n) is 5.05. The first kappa shape index (κ1) is 16.0. The van der Waals surface area contributed by atoms with Crippen LogP contribution in [0.3, 0.4) is 0 Å². The van der Waals surface area contributed by atoms with Crippen LogP contribution in [0, 0.1) is 5.82 Å². The molecule has 1 atom stereocenters. The average molecular weight is 352 g/mol. The Bertz CT molecular complexity index is 583. The summed E-state index contributed by atoms with van der Waals surface area (Å²) in [5, 5.41) is 0. The van der Waals surface area contributed by atoms with Crippen molar-refractivity contribution < 1.29 is 9.13 Å². The van der Waals surface area contributed by atoms with E-state index in [-0.39, 0.29) is 11.9 Å². The van der Waals surface area contributed by atoms with Crippen molar-refractivity contribution in [1.29, 1.82) is 0 Å². The van der Waals surface area contributed by atoms with Gasteiger partial charge in [-0.1, -0.05) is 41.1 Å². The zero-order chi connectivity index (χ0) is 15.2. The average Bonchev–Trinajstić information content (AvgIpc) is 2.45. The van der Waals surface area contributed by atoms with E-state index in [2.05, 4.69) is 22.9 Å². The van der Waals surface area contributed by atoms with Gasteiger partial charge in [-0.05, 0) is 48.2 Å². The lowest BCUT2D eigenvalue weighted by Gasteiger charge is -2.14. The quantitative estimate of drug-likeness (QED) is 0.834. The smallest absolute Gasteiger partial charge is 0.124 e. The molecule has 2 rings (SSSR count). The first-order valence-electron chi connectivity index (χ1n) is 6.99. The molecule has 0 heterocycles. The Hall–Kier alpha value is -1.39. The molecule has 2 nitrogen and oxygen atoms in total. The molecule has 1 unspecified atom stereocenters. The number of hydrogen-bond donors (Lipinski definition) is 1. The first-order chi connectivity index (χ1) is 10.1. The SMILES string of the molecule is CCC(N)Cc1ccccc1OCc1cc(F)cc(Br)c1. The van der Waals surface area contributed by atoms with E-state index in [0.29, 0.717) is 11.1 Å². The molecule has 4 heteroatoms. The zero-order valence-corrected chi connectivity index (χ0v) is 13.6. The Morgan fingerprint density at radius 3 is 2.71 bits per heavy atom. The van der Waals surface area contributed by atoms with Crippen molar-refractivity contribution in [2.45, 2.75) is 32.4 Å². The number of para-hydroxylation sites is 1. The lowest BCUT2D eigenvalue weighted by molar-refractivity contribution is 0.301. The number of ether oxygens (including phenoxy) is 1. The van der Waals surface area contributed by atoms with Gasteiger partial charge in [-0.3, -0.25) is 0 Å². The van der Waals surface area contributed by atoms with Gasteiger partial charge in [0.05, 0.1) is 0 Å². The van der Waals surface area contributed by atoms with Crippen LogP contribution in [-0.2, 0) is 13.0 Å². The molecule has 112 valence electrons. The maximum absolute atomic E-state index is 13.3. The van der Waals surface area contributed by atoms with Crippen molar-refractivity contribution in [2.24, 2.45) is 5.73 Å². The molecule has 0 aliphatic heterocycles. The summed E-state index contributed by atoms with van der Waals surface area (Å²) in [6.45, 7) is 2.40. The van der Waals surface area contributed by atoms with E-state index in [1.807, 2.05) is 30.3 Å². The Morgan fingerprint density at radius 1 is 1.24 bits per heavy atom. The minimum absolute atomic E-state index is 0.123. The summed E-state index contributed by atoms with van der Waals surface area (Å²) in [4.78, 5) is 0. The van der Waals surface area contributed by atoms with Crippen LogP contribution in [0.25, 0.3) is 0 Å². The van der Waals surface area contributed by atoms with Crippen LogP contribution >= 0.6 is 15.9 Å². The van der Waals surface area contributed by atoms with Gasteiger partial charge >= 0.3 is 0 Å². The summed E-state index contributed by atoms with van der Waals surface area (Å²) in [7, 11) is 0. The van der Waals surface area contributed by atoms with E-state index in [4.69, 9.17) is 10.5 Å². The third kappa shape index (κ3) is 4.83. The molecule has 0 spiro atoms. The summed E-state index contributed by atoms with van der Waals surface area (Å²) in [6.07, 6.45) is 1.70. The van der Waals surface area contributed by atoms with Gasteiger partial charge in [0.1, 0.15) is 18.2 Å². The fraction of sp³-hybridized carbons (Fsp3) is 0.294. The van der Waals surface area contributed by atoms with Crippen molar-refractivity contribution in [3.8, 4) is 5.75 Å². The molecule has 2 aromatic carbocycles. The van der Waals surface area contributed by atoms with E-state index in [1.165, 1.54) is 12.1 Å². The topological polar surface area (TPSA) is 35.2 Å². The highest BCUT2D eigenvalue weighted by molar-refractivity contribution is 9.10. The minimum atomic E-state index is -0.274. The van der Waals surface area contributed by atoms with E-state index in [0.717, 1.165) is 29.7 Å². The second kappa shape index (κ2) is 7.57. The van der Waals surface area contributed by atoms with Crippen LogP contribution in [0.4, 0.5) is 4.39 Å². The van der Waals surface area contributed by atoms with Crippen molar-refractivity contribution in [1.82, 2.24) is 0 Å². The highest BCUT2D eigenvalue weighted by Gasteiger charge is 2.08. The number of halogens is 2. The number of rotatable bonds is 6. The van der Waals surface area contributed by atoms with E-state index in [1.54, 1.807) is 0 Å².